The lowest BCUT2D eigenvalue weighted by atomic mass is 9.96. The van der Waals surface area contributed by atoms with Crippen LogP contribution >= 0.6 is 15.9 Å². The van der Waals surface area contributed by atoms with Gasteiger partial charge in [-0.05, 0) is 37.3 Å². The number of halogens is 1. The molecule has 0 spiro atoms. The first-order chi connectivity index (χ1) is 11.0. The number of hydrogen-bond acceptors (Lipinski definition) is 2. The maximum absolute atomic E-state index is 12.3. The van der Waals surface area contributed by atoms with E-state index in [-0.39, 0.29) is 17.4 Å². The summed E-state index contributed by atoms with van der Waals surface area (Å²) in [7, 11) is 0. The molecule has 124 valence electrons. The first kappa shape index (κ1) is 16.3. The largest absolute Gasteiger partial charge is 0.481 e. The number of nitrogens with zero attached hydrogens (tertiary/aromatic N) is 1. The van der Waals surface area contributed by atoms with Crippen LogP contribution in [0.4, 0.5) is 4.79 Å². The lowest BCUT2D eigenvalue weighted by Crippen LogP contribution is -2.47. The standard InChI is InChI=1S/C17H21BrN2O3/c18-14-4-2-1-3-13(14)17(7-8-17)11-19-16(23)20-9-5-12(6-10-20)15(21)22/h1-4,12H,5-11H2,(H,19,23)(H,21,22). The average Bonchev–Trinajstić information content (AvgIpc) is 3.34. The maximum atomic E-state index is 12.3. The number of piperidine rings is 1. The van der Waals surface area contributed by atoms with Crippen molar-refractivity contribution in [2.24, 2.45) is 5.92 Å². The molecule has 1 aromatic rings. The summed E-state index contributed by atoms with van der Waals surface area (Å²) in [6, 6.07) is 8.09. The lowest BCUT2D eigenvalue weighted by molar-refractivity contribution is -0.143. The molecule has 0 atom stereocenters. The van der Waals surface area contributed by atoms with Crippen LogP contribution in [0.3, 0.4) is 0 Å². The summed E-state index contributed by atoms with van der Waals surface area (Å²) in [6.07, 6.45) is 3.24. The van der Waals surface area contributed by atoms with Crippen molar-refractivity contribution in [1.29, 1.82) is 0 Å². The first-order valence-corrected chi connectivity index (χ1v) is 8.82. The van der Waals surface area contributed by atoms with Crippen molar-refractivity contribution in [1.82, 2.24) is 10.2 Å². The van der Waals surface area contributed by atoms with E-state index in [0.717, 1.165) is 17.3 Å². The Bertz CT molecular complexity index is 608. The van der Waals surface area contributed by atoms with E-state index in [4.69, 9.17) is 5.11 Å². The second kappa shape index (κ2) is 6.51. The molecule has 2 aliphatic rings. The van der Waals surface area contributed by atoms with E-state index in [9.17, 15) is 9.59 Å². The number of likely N-dealkylation sites (tertiary alicyclic amines) is 1. The fourth-order valence-electron chi connectivity index (χ4n) is 3.27. The predicted octanol–water partition coefficient (Wildman–Crippen LogP) is 2.99. The molecule has 1 saturated carbocycles. The van der Waals surface area contributed by atoms with Crippen LogP contribution in [0.25, 0.3) is 0 Å². The molecule has 0 radical (unpaired) electrons. The number of urea groups is 1. The Hall–Kier alpha value is -1.56. The van der Waals surface area contributed by atoms with Crippen molar-refractivity contribution < 1.29 is 14.7 Å². The van der Waals surface area contributed by atoms with Crippen molar-refractivity contribution in [2.75, 3.05) is 19.6 Å². The van der Waals surface area contributed by atoms with Crippen LogP contribution in [0.2, 0.25) is 0 Å². The zero-order valence-electron chi connectivity index (χ0n) is 12.9. The molecule has 23 heavy (non-hydrogen) atoms. The number of hydrogen-bond donors (Lipinski definition) is 2. The zero-order valence-corrected chi connectivity index (χ0v) is 14.5. The van der Waals surface area contributed by atoms with Crippen molar-refractivity contribution in [3.63, 3.8) is 0 Å². The third kappa shape index (κ3) is 3.52. The van der Waals surface area contributed by atoms with Crippen LogP contribution in [0.1, 0.15) is 31.2 Å². The third-order valence-corrected chi connectivity index (χ3v) is 5.70. The van der Waals surface area contributed by atoms with Gasteiger partial charge in [-0.1, -0.05) is 34.1 Å². The molecule has 1 aliphatic heterocycles. The second-order valence-corrected chi connectivity index (χ2v) is 7.37. The van der Waals surface area contributed by atoms with Crippen LogP contribution in [-0.2, 0) is 10.2 Å². The van der Waals surface area contributed by atoms with Gasteiger partial charge in [-0.2, -0.15) is 0 Å². The minimum Gasteiger partial charge on any atom is -0.481 e. The van der Waals surface area contributed by atoms with Crippen LogP contribution < -0.4 is 5.32 Å². The van der Waals surface area contributed by atoms with Crippen molar-refractivity contribution in [2.45, 2.75) is 31.1 Å². The molecule has 2 amide bonds. The summed E-state index contributed by atoms with van der Waals surface area (Å²) in [5.74, 6) is -1.06. The molecule has 3 rings (SSSR count). The van der Waals surface area contributed by atoms with Gasteiger partial charge in [0.25, 0.3) is 0 Å². The van der Waals surface area contributed by atoms with Gasteiger partial charge >= 0.3 is 12.0 Å². The highest BCUT2D eigenvalue weighted by atomic mass is 79.9. The Labute approximate surface area is 144 Å². The van der Waals surface area contributed by atoms with Crippen molar-refractivity contribution in [3.05, 3.63) is 34.3 Å². The van der Waals surface area contributed by atoms with E-state index in [1.54, 1.807) is 4.90 Å². The number of aliphatic carboxylic acids is 1. The highest BCUT2D eigenvalue weighted by molar-refractivity contribution is 9.10. The van der Waals surface area contributed by atoms with Crippen LogP contribution in [-0.4, -0.2) is 41.6 Å². The SMILES string of the molecule is O=C(O)C1CCN(C(=O)NCC2(c3ccccc3Br)CC2)CC1. The fraction of sp³-hybridized carbons (Fsp3) is 0.529. The number of benzene rings is 1. The summed E-state index contributed by atoms with van der Waals surface area (Å²) < 4.78 is 1.09. The summed E-state index contributed by atoms with van der Waals surface area (Å²) in [6.45, 7) is 1.67. The number of rotatable bonds is 4. The molecule has 2 N–H and O–H groups in total. The quantitative estimate of drug-likeness (QED) is 0.843. The Kier molecular flexibility index (Phi) is 4.62. The number of carbonyl (C=O) groups is 2. The highest BCUT2D eigenvalue weighted by Gasteiger charge is 2.45. The molecule has 1 heterocycles. The molecular formula is C17H21BrN2O3. The van der Waals surface area contributed by atoms with Crippen LogP contribution in [0, 0.1) is 5.92 Å². The van der Waals surface area contributed by atoms with E-state index < -0.39 is 5.97 Å². The normalized spacial score (nSPS) is 20.1. The van der Waals surface area contributed by atoms with Crippen LogP contribution in [0.15, 0.2) is 28.7 Å². The van der Waals surface area contributed by atoms with Gasteiger partial charge < -0.3 is 15.3 Å². The molecule has 0 bridgehead atoms. The molecule has 1 aromatic carbocycles. The van der Waals surface area contributed by atoms with Gasteiger partial charge in [0, 0.05) is 29.5 Å². The minimum absolute atomic E-state index is 0.0507. The number of nitrogens with one attached hydrogen (secondary N) is 1. The predicted molar refractivity (Wildman–Crippen MR) is 90.4 cm³/mol. The first-order valence-electron chi connectivity index (χ1n) is 8.02. The summed E-state index contributed by atoms with van der Waals surface area (Å²) in [4.78, 5) is 25.0. The van der Waals surface area contributed by atoms with Gasteiger partial charge in [-0.15, -0.1) is 0 Å². The van der Waals surface area contributed by atoms with Gasteiger partial charge in [0.2, 0.25) is 0 Å². The van der Waals surface area contributed by atoms with Crippen LogP contribution in [0.5, 0.6) is 0 Å². The molecule has 2 fully saturated rings. The van der Waals surface area contributed by atoms with Gasteiger partial charge in [0.05, 0.1) is 5.92 Å². The van der Waals surface area contributed by atoms with E-state index in [1.165, 1.54) is 5.56 Å². The molecule has 0 unspecified atom stereocenters. The van der Waals surface area contributed by atoms with Gasteiger partial charge in [-0.25, -0.2) is 4.79 Å². The Balaban J connectivity index is 1.54. The number of carboxylic acids is 1. The van der Waals surface area contributed by atoms with Crippen molar-refractivity contribution >= 4 is 27.9 Å². The minimum atomic E-state index is -0.754. The highest BCUT2D eigenvalue weighted by Crippen LogP contribution is 2.49. The zero-order chi connectivity index (χ0) is 16.4. The topological polar surface area (TPSA) is 69.6 Å². The summed E-state index contributed by atoms with van der Waals surface area (Å²) in [5.41, 5.74) is 1.31. The smallest absolute Gasteiger partial charge is 0.317 e. The van der Waals surface area contributed by atoms with Gasteiger partial charge in [-0.3, -0.25) is 4.79 Å². The Morgan fingerprint density at radius 1 is 1.26 bits per heavy atom. The van der Waals surface area contributed by atoms with Gasteiger partial charge in [0.1, 0.15) is 0 Å². The van der Waals surface area contributed by atoms with Gasteiger partial charge in [0.15, 0.2) is 0 Å². The second-order valence-electron chi connectivity index (χ2n) is 6.52. The monoisotopic (exact) mass is 380 g/mol. The Morgan fingerprint density at radius 3 is 2.48 bits per heavy atom. The average molecular weight is 381 g/mol. The Morgan fingerprint density at radius 2 is 1.91 bits per heavy atom. The number of amides is 2. The fourth-order valence-corrected chi connectivity index (χ4v) is 3.97. The molecule has 5 nitrogen and oxygen atoms in total. The summed E-state index contributed by atoms with van der Waals surface area (Å²) in [5, 5.41) is 12.1. The van der Waals surface area contributed by atoms with E-state index in [0.29, 0.717) is 32.5 Å². The molecule has 1 aliphatic carbocycles. The molecule has 0 aromatic heterocycles. The molecule has 1 saturated heterocycles. The van der Waals surface area contributed by atoms with E-state index in [2.05, 4.69) is 27.3 Å². The molecular weight excluding hydrogens is 360 g/mol. The summed E-state index contributed by atoms with van der Waals surface area (Å²) >= 11 is 3.60. The number of carboxylic acid groups (broad SMARTS) is 1. The lowest BCUT2D eigenvalue weighted by Gasteiger charge is -2.31. The van der Waals surface area contributed by atoms with E-state index in [1.807, 2.05) is 18.2 Å². The van der Waals surface area contributed by atoms with E-state index >= 15 is 0 Å². The van der Waals surface area contributed by atoms with Crippen molar-refractivity contribution in [3.8, 4) is 0 Å². The molecule has 6 heteroatoms. The third-order valence-electron chi connectivity index (χ3n) is 5.01. The number of carbonyl (C=O) groups excluding carboxylic acids is 1. The maximum Gasteiger partial charge on any atom is 0.317 e.